The Morgan fingerprint density at radius 3 is 2.62 bits per heavy atom. The van der Waals surface area contributed by atoms with E-state index in [0.717, 1.165) is 18.9 Å². The number of benzene rings is 1. The zero-order chi connectivity index (χ0) is 20.4. The largest absolute Gasteiger partial charge is 0.497 e. The molecule has 8 heteroatoms. The van der Waals surface area contributed by atoms with E-state index in [1.165, 1.54) is 18.5 Å². The molecule has 2 N–H and O–H groups in total. The monoisotopic (exact) mass is 399 g/mol. The highest BCUT2D eigenvalue weighted by Crippen LogP contribution is 2.40. The fourth-order valence-electron chi connectivity index (χ4n) is 3.51. The first-order chi connectivity index (χ1) is 14.0. The lowest BCUT2D eigenvalue weighted by molar-refractivity contribution is 0.207. The number of nitrogens with one attached hydrogen (secondary N) is 2. The highest BCUT2D eigenvalue weighted by atomic mass is 16.5. The van der Waals surface area contributed by atoms with Crippen LogP contribution in [0.5, 0.6) is 11.5 Å². The van der Waals surface area contributed by atoms with E-state index in [4.69, 9.17) is 9.47 Å². The third kappa shape index (κ3) is 4.58. The molecule has 2 amide bonds. The number of nitrogens with zero attached hydrogens (tertiary/aromatic N) is 3. The number of urea groups is 1. The first kappa shape index (κ1) is 19.4. The van der Waals surface area contributed by atoms with E-state index in [0.29, 0.717) is 36.2 Å². The number of hydrogen-bond donors (Lipinski definition) is 2. The van der Waals surface area contributed by atoms with Gasteiger partial charge in [0.25, 0.3) is 0 Å². The van der Waals surface area contributed by atoms with Gasteiger partial charge in [0.05, 0.1) is 18.9 Å². The van der Waals surface area contributed by atoms with Gasteiger partial charge in [-0.25, -0.2) is 4.79 Å². The van der Waals surface area contributed by atoms with E-state index in [2.05, 4.69) is 26.5 Å². The number of aromatic amines is 1. The summed E-state index contributed by atoms with van der Waals surface area (Å²) in [6, 6.07) is 7.45. The molecule has 1 aliphatic heterocycles. The lowest BCUT2D eigenvalue weighted by Crippen LogP contribution is -2.50. The number of carbonyl (C=O) groups excluding carboxylic acids is 1. The van der Waals surface area contributed by atoms with Gasteiger partial charge >= 0.3 is 6.03 Å². The van der Waals surface area contributed by atoms with Crippen molar-refractivity contribution in [2.75, 3.05) is 43.5 Å². The molecule has 0 unspecified atom stereocenters. The van der Waals surface area contributed by atoms with Crippen LogP contribution in [0.15, 0.2) is 24.3 Å². The van der Waals surface area contributed by atoms with Crippen molar-refractivity contribution >= 4 is 17.5 Å². The number of rotatable bonds is 6. The van der Waals surface area contributed by atoms with E-state index in [1.807, 2.05) is 30.9 Å². The number of ether oxygens (including phenoxy) is 2. The molecule has 0 radical (unpaired) electrons. The van der Waals surface area contributed by atoms with Crippen LogP contribution in [0, 0.1) is 0 Å². The zero-order valence-corrected chi connectivity index (χ0v) is 17.3. The van der Waals surface area contributed by atoms with E-state index in [1.54, 1.807) is 13.2 Å². The summed E-state index contributed by atoms with van der Waals surface area (Å²) in [6.45, 7) is 6.72. The molecular weight excluding hydrogens is 370 g/mol. The van der Waals surface area contributed by atoms with Gasteiger partial charge in [-0.1, -0.05) is 0 Å². The van der Waals surface area contributed by atoms with Gasteiger partial charge in [-0.15, -0.1) is 0 Å². The highest BCUT2D eigenvalue weighted by molar-refractivity contribution is 5.91. The van der Waals surface area contributed by atoms with Gasteiger partial charge < -0.3 is 24.6 Å². The normalized spacial score (nSPS) is 16.8. The van der Waals surface area contributed by atoms with E-state index < -0.39 is 0 Å². The number of amides is 2. The second kappa shape index (κ2) is 8.23. The summed E-state index contributed by atoms with van der Waals surface area (Å²) < 4.78 is 11.1. The molecule has 0 spiro atoms. The first-order valence-electron chi connectivity index (χ1n) is 10.2. The maximum absolute atomic E-state index is 12.8. The minimum atomic E-state index is -0.132. The highest BCUT2D eigenvalue weighted by Gasteiger charge is 2.28. The van der Waals surface area contributed by atoms with Crippen LogP contribution < -0.4 is 19.7 Å². The maximum Gasteiger partial charge on any atom is 0.322 e. The summed E-state index contributed by atoms with van der Waals surface area (Å²) in [6.07, 6.45) is 2.52. The van der Waals surface area contributed by atoms with Crippen molar-refractivity contribution in [2.24, 2.45) is 0 Å². The van der Waals surface area contributed by atoms with Crippen molar-refractivity contribution < 1.29 is 14.3 Å². The van der Waals surface area contributed by atoms with Crippen LogP contribution in [0.1, 0.15) is 38.3 Å². The fraction of sp³-hybridized carbons (Fsp3) is 0.524. The number of anilines is 2. The average molecular weight is 399 g/mol. The number of piperazine rings is 1. The Hall–Kier alpha value is -2.90. The van der Waals surface area contributed by atoms with Crippen LogP contribution in [-0.4, -0.2) is 60.5 Å². The minimum Gasteiger partial charge on any atom is -0.497 e. The molecule has 4 rings (SSSR count). The van der Waals surface area contributed by atoms with Crippen molar-refractivity contribution in [3.8, 4) is 11.5 Å². The van der Waals surface area contributed by atoms with Gasteiger partial charge in [0.15, 0.2) is 5.82 Å². The molecule has 29 heavy (non-hydrogen) atoms. The summed E-state index contributed by atoms with van der Waals surface area (Å²) in [4.78, 5) is 16.9. The molecule has 2 heterocycles. The predicted octanol–water partition coefficient (Wildman–Crippen LogP) is 3.44. The van der Waals surface area contributed by atoms with Crippen molar-refractivity contribution in [1.29, 1.82) is 0 Å². The van der Waals surface area contributed by atoms with Crippen molar-refractivity contribution in [3.05, 3.63) is 30.0 Å². The van der Waals surface area contributed by atoms with Crippen molar-refractivity contribution in [1.82, 2.24) is 15.1 Å². The van der Waals surface area contributed by atoms with Crippen molar-refractivity contribution in [3.63, 3.8) is 0 Å². The number of H-pyrrole nitrogens is 1. The molecule has 0 atom stereocenters. The van der Waals surface area contributed by atoms with Crippen LogP contribution in [0.25, 0.3) is 0 Å². The Balaban J connectivity index is 1.37. The van der Waals surface area contributed by atoms with Crippen LogP contribution >= 0.6 is 0 Å². The summed E-state index contributed by atoms with van der Waals surface area (Å²) in [5.74, 6) is 2.95. The second-order valence-corrected chi connectivity index (χ2v) is 7.89. The van der Waals surface area contributed by atoms with Gasteiger partial charge in [-0.3, -0.25) is 5.10 Å². The molecule has 1 aromatic carbocycles. The van der Waals surface area contributed by atoms with Crippen LogP contribution in [0.3, 0.4) is 0 Å². The third-order valence-corrected chi connectivity index (χ3v) is 5.28. The Bertz CT molecular complexity index is 854. The van der Waals surface area contributed by atoms with Gasteiger partial charge in [0, 0.05) is 49.9 Å². The zero-order valence-electron chi connectivity index (χ0n) is 17.3. The smallest absolute Gasteiger partial charge is 0.322 e. The molecule has 2 aromatic rings. The minimum absolute atomic E-state index is 0.0111. The Morgan fingerprint density at radius 1 is 1.21 bits per heavy atom. The van der Waals surface area contributed by atoms with E-state index in [9.17, 15) is 4.79 Å². The number of methoxy groups -OCH3 is 1. The van der Waals surface area contributed by atoms with Gasteiger partial charge in [0.2, 0.25) is 0 Å². The second-order valence-electron chi connectivity index (χ2n) is 7.89. The fourth-order valence-corrected chi connectivity index (χ4v) is 3.51. The first-order valence-corrected chi connectivity index (χ1v) is 10.2. The molecule has 1 saturated heterocycles. The molecule has 2 aliphatic rings. The van der Waals surface area contributed by atoms with E-state index in [-0.39, 0.29) is 12.1 Å². The van der Waals surface area contributed by atoms with Crippen molar-refractivity contribution in [2.45, 2.75) is 38.7 Å². The third-order valence-electron chi connectivity index (χ3n) is 5.28. The van der Waals surface area contributed by atoms with Crippen LogP contribution in [0.2, 0.25) is 0 Å². The Morgan fingerprint density at radius 2 is 1.97 bits per heavy atom. The molecular formula is C21H29N5O3. The summed E-state index contributed by atoms with van der Waals surface area (Å²) in [5.41, 5.74) is 1.85. The topological polar surface area (TPSA) is 82.7 Å². The molecule has 2 fully saturated rings. The number of hydrogen-bond acceptors (Lipinski definition) is 5. The lowest BCUT2D eigenvalue weighted by Gasteiger charge is -2.34. The number of carbonyl (C=O) groups is 1. The predicted molar refractivity (Wildman–Crippen MR) is 112 cm³/mol. The summed E-state index contributed by atoms with van der Waals surface area (Å²) >= 11 is 0. The summed E-state index contributed by atoms with van der Waals surface area (Å²) in [7, 11) is 1.60. The quantitative estimate of drug-likeness (QED) is 0.778. The molecule has 156 valence electrons. The molecule has 0 bridgehead atoms. The van der Waals surface area contributed by atoms with Crippen LogP contribution in [-0.2, 0) is 0 Å². The van der Waals surface area contributed by atoms with Gasteiger partial charge in [-0.2, -0.15) is 5.10 Å². The maximum atomic E-state index is 12.8. The molecule has 1 aromatic heterocycles. The van der Waals surface area contributed by atoms with Gasteiger partial charge in [-0.05, 0) is 38.8 Å². The van der Waals surface area contributed by atoms with Crippen LogP contribution in [0.4, 0.5) is 16.3 Å². The SMILES string of the molecule is COc1ccc(OC(C)C)c(NC(=O)N2CCN(c3cc(C4CC4)[nH]n3)CC2)c1. The lowest BCUT2D eigenvalue weighted by atomic mass is 10.2. The molecule has 8 nitrogen and oxygen atoms in total. The molecule has 1 saturated carbocycles. The van der Waals surface area contributed by atoms with Gasteiger partial charge in [0.1, 0.15) is 11.5 Å². The number of aromatic nitrogens is 2. The Labute approximate surface area is 171 Å². The summed E-state index contributed by atoms with van der Waals surface area (Å²) in [5, 5.41) is 10.6. The van der Waals surface area contributed by atoms with E-state index >= 15 is 0 Å². The molecule has 1 aliphatic carbocycles. The standard InChI is InChI=1S/C21H29N5O3/c1-14(2)29-19-7-6-16(28-3)12-18(19)22-21(27)26-10-8-25(9-11-26)20-13-17(23-24-20)15-4-5-15/h6-7,12-15H,4-5,8-11H2,1-3H3,(H,22,27)(H,23,24). The Kier molecular flexibility index (Phi) is 5.51. The average Bonchev–Trinajstić information content (AvgIpc) is 3.45.